The third-order valence-corrected chi connectivity index (χ3v) is 14.1. The molecule has 0 aliphatic heterocycles. The van der Waals surface area contributed by atoms with Crippen molar-refractivity contribution in [3.05, 3.63) is 91.5 Å². The van der Waals surface area contributed by atoms with Crippen molar-refractivity contribution in [2.75, 3.05) is 0 Å². The van der Waals surface area contributed by atoms with Crippen LogP contribution in [0.3, 0.4) is 0 Å². The lowest BCUT2D eigenvalue weighted by molar-refractivity contribution is -0.385. The summed E-state index contributed by atoms with van der Waals surface area (Å²) in [6.07, 6.45) is 16.4. The Kier molecular flexibility index (Phi) is 12.4. The van der Waals surface area contributed by atoms with Crippen LogP contribution in [0.5, 0.6) is 0 Å². The van der Waals surface area contributed by atoms with Crippen LogP contribution in [0.1, 0.15) is 124 Å². The minimum atomic E-state index is -0.523. The van der Waals surface area contributed by atoms with Gasteiger partial charge in [-0.3, -0.25) is 25.0 Å². The maximum absolute atomic E-state index is 13.9. The van der Waals surface area contributed by atoms with Crippen LogP contribution in [0.4, 0.5) is 11.4 Å². The Morgan fingerprint density at radius 1 is 0.827 bits per heavy atom. The van der Waals surface area contributed by atoms with Crippen LogP contribution < -0.4 is 0 Å². The summed E-state index contributed by atoms with van der Waals surface area (Å²) in [7, 11) is 0. The summed E-state index contributed by atoms with van der Waals surface area (Å²) in [6, 6.07) is 12.6. The third kappa shape index (κ3) is 8.16. The fourth-order valence-electron chi connectivity index (χ4n) is 11.3. The Hall–Kier alpha value is -3.55. The summed E-state index contributed by atoms with van der Waals surface area (Å²) in [5.74, 6) is 3.88. The van der Waals surface area contributed by atoms with E-state index in [-0.39, 0.29) is 36.3 Å². The monoisotopic (exact) mass is 714 g/mol. The maximum atomic E-state index is 13.9. The maximum Gasteiger partial charge on any atom is 0.309 e. The molecule has 3 fully saturated rings. The molecule has 0 heterocycles. The lowest BCUT2D eigenvalue weighted by Gasteiger charge is -2.58. The van der Waals surface area contributed by atoms with Gasteiger partial charge in [0, 0.05) is 30.7 Å². The summed E-state index contributed by atoms with van der Waals surface area (Å²) in [6.45, 7) is 12.4. The van der Waals surface area contributed by atoms with Crippen LogP contribution in [0.25, 0.3) is 0 Å². The van der Waals surface area contributed by atoms with E-state index in [9.17, 15) is 25.0 Å². The smallest absolute Gasteiger partial charge is 0.309 e. The van der Waals surface area contributed by atoms with Crippen molar-refractivity contribution in [2.45, 2.75) is 132 Å². The molecular formula is C44H62N2O6. The number of esters is 1. The number of ether oxygens (including phenoxy) is 1. The van der Waals surface area contributed by atoms with Gasteiger partial charge in [0.1, 0.15) is 6.10 Å². The minimum absolute atomic E-state index is 0. The molecule has 8 unspecified atom stereocenters. The Bertz CT molecular complexity index is 1540. The molecule has 8 heteroatoms. The van der Waals surface area contributed by atoms with Gasteiger partial charge in [0.15, 0.2) is 0 Å². The van der Waals surface area contributed by atoms with E-state index < -0.39 is 15.8 Å². The summed E-state index contributed by atoms with van der Waals surface area (Å²) in [5, 5.41) is 22.4. The van der Waals surface area contributed by atoms with Crippen molar-refractivity contribution >= 4 is 17.3 Å². The molecule has 284 valence electrons. The Balaban J connectivity index is 0.00000523. The van der Waals surface area contributed by atoms with Gasteiger partial charge in [0.05, 0.1) is 15.8 Å². The first-order chi connectivity index (χ1) is 24.3. The highest BCUT2D eigenvalue weighted by atomic mass is 16.6. The van der Waals surface area contributed by atoms with E-state index in [2.05, 4.69) is 40.7 Å². The van der Waals surface area contributed by atoms with Gasteiger partial charge in [-0.15, -0.1) is 0 Å². The second kappa shape index (κ2) is 16.2. The SMILES string of the molecule is C.CC(C)CCCC(C)C1CCC2C3CC=C4CC(OC(=O)C(Cc5ccc([N+](=O)[O-])cc5)Cc5ccc([N+](=O)[O-])cc5)CCC4(C)C3CCC12C. The van der Waals surface area contributed by atoms with Gasteiger partial charge in [0.2, 0.25) is 0 Å². The van der Waals surface area contributed by atoms with Gasteiger partial charge in [-0.25, -0.2) is 0 Å². The Morgan fingerprint density at radius 3 is 1.98 bits per heavy atom. The van der Waals surface area contributed by atoms with Crippen LogP contribution in [0.15, 0.2) is 60.2 Å². The highest BCUT2D eigenvalue weighted by Gasteiger charge is 2.59. The zero-order valence-corrected chi connectivity index (χ0v) is 31.4. The van der Waals surface area contributed by atoms with Crippen LogP contribution in [-0.4, -0.2) is 21.9 Å². The predicted octanol–water partition coefficient (Wildman–Crippen LogP) is 11.5. The standard InChI is InChI=1S/C43H58N2O6.CH4/c1-28(2)7-6-8-29(3)38-19-20-39-37-18-13-33-27-36(21-23-42(33,4)40(37)22-24-43(38,39)5)51-41(46)32(25-30-9-14-34(15-10-30)44(47)48)26-31-11-16-35(17-12-31)45(49)50;/h9-17,28-29,32,36-40H,6-8,18-27H2,1-5H3;1H4. The normalized spacial score (nSPS) is 30.0. The predicted molar refractivity (Wildman–Crippen MR) is 207 cm³/mol. The van der Waals surface area contributed by atoms with Gasteiger partial charge >= 0.3 is 5.97 Å². The number of nitro benzene ring substituents is 2. The number of rotatable bonds is 13. The molecule has 0 radical (unpaired) electrons. The molecule has 0 N–H and O–H groups in total. The molecule has 0 bridgehead atoms. The van der Waals surface area contributed by atoms with Crippen molar-refractivity contribution in [2.24, 2.45) is 52.3 Å². The first-order valence-corrected chi connectivity index (χ1v) is 19.6. The van der Waals surface area contributed by atoms with E-state index in [0.717, 1.165) is 66.4 Å². The number of nitro groups is 2. The molecule has 8 nitrogen and oxygen atoms in total. The van der Waals surface area contributed by atoms with Crippen molar-refractivity contribution in [1.82, 2.24) is 0 Å². The topological polar surface area (TPSA) is 113 Å². The summed E-state index contributed by atoms with van der Waals surface area (Å²) in [5.41, 5.74) is 3.72. The fraction of sp³-hybridized carbons (Fsp3) is 0.659. The zero-order valence-electron chi connectivity index (χ0n) is 31.4. The molecule has 3 saturated carbocycles. The number of benzene rings is 2. The fourth-order valence-corrected chi connectivity index (χ4v) is 11.3. The van der Waals surface area contributed by atoms with Gasteiger partial charge in [0.25, 0.3) is 11.4 Å². The number of nitrogens with zero attached hydrogens (tertiary/aromatic N) is 2. The number of fused-ring (bicyclic) bond motifs is 5. The molecule has 4 aliphatic rings. The Labute approximate surface area is 311 Å². The molecule has 2 aromatic carbocycles. The molecule has 0 spiro atoms. The summed E-state index contributed by atoms with van der Waals surface area (Å²) in [4.78, 5) is 35.5. The lowest BCUT2D eigenvalue weighted by atomic mass is 9.47. The highest BCUT2D eigenvalue weighted by Crippen LogP contribution is 2.67. The first kappa shape index (κ1) is 39.7. The van der Waals surface area contributed by atoms with Gasteiger partial charge in [-0.1, -0.05) is 97.2 Å². The number of hydrogen-bond acceptors (Lipinski definition) is 6. The average Bonchev–Trinajstić information content (AvgIpc) is 3.45. The van der Waals surface area contributed by atoms with Crippen molar-refractivity contribution in [3.63, 3.8) is 0 Å². The van der Waals surface area contributed by atoms with E-state index in [4.69, 9.17) is 4.74 Å². The van der Waals surface area contributed by atoms with Crippen LogP contribution in [-0.2, 0) is 22.4 Å². The summed E-state index contributed by atoms with van der Waals surface area (Å²) >= 11 is 0. The molecule has 0 amide bonds. The highest BCUT2D eigenvalue weighted by molar-refractivity contribution is 5.73. The second-order valence-electron chi connectivity index (χ2n) is 17.5. The quantitative estimate of drug-likeness (QED) is 0.0883. The molecule has 52 heavy (non-hydrogen) atoms. The molecule has 8 atom stereocenters. The van der Waals surface area contributed by atoms with E-state index in [1.54, 1.807) is 24.3 Å². The molecular weight excluding hydrogens is 652 g/mol. The molecule has 2 aromatic rings. The molecule has 4 aliphatic carbocycles. The number of hydrogen-bond donors (Lipinski definition) is 0. The van der Waals surface area contributed by atoms with E-state index >= 15 is 0 Å². The van der Waals surface area contributed by atoms with Crippen LogP contribution >= 0.6 is 0 Å². The molecule has 6 rings (SSSR count). The van der Waals surface area contributed by atoms with Crippen LogP contribution in [0.2, 0.25) is 0 Å². The second-order valence-corrected chi connectivity index (χ2v) is 17.5. The van der Waals surface area contributed by atoms with Crippen molar-refractivity contribution in [3.8, 4) is 0 Å². The van der Waals surface area contributed by atoms with Crippen LogP contribution in [0, 0.1) is 72.5 Å². The average molecular weight is 715 g/mol. The van der Waals surface area contributed by atoms with Crippen molar-refractivity contribution < 1.29 is 19.4 Å². The van der Waals surface area contributed by atoms with E-state index in [1.807, 2.05) is 0 Å². The first-order valence-electron chi connectivity index (χ1n) is 19.6. The minimum Gasteiger partial charge on any atom is -0.462 e. The van der Waals surface area contributed by atoms with Gasteiger partial charge in [-0.2, -0.15) is 0 Å². The number of carbonyl (C=O) groups excluding carboxylic acids is 1. The lowest BCUT2D eigenvalue weighted by Crippen LogP contribution is -2.51. The summed E-state index contributed by atoms with van der Waals surface area (Å²) < 4.78 is 6.33. The largest absolute Gasteiger partial charge is 0.462 e. The van der Waals surface area contributed by atoms with E-state index in [1.165, 1.54) is 74.8 Å². The third-order valence-electron chi connectivity index (χ3n) is 14.1. The Morgan fingerprint density at radius 2 is 1.42 bits per heavy atom. The van der Waals surface area contributed by atoms with Crippen molar-refractivity contribution in [1.29, 1.82) is 0 Å². The van der Waals surface area contributed by atoms with Gasteiger partial charge < -0.3 is 4.74 Å². The van der Waals surface area contributed by atoms with E-state index in [0.29, 0.717) is 24.2 Å². The number of allylic oxidation sites excluding steroid dienone is 1. The van der Waals surface area contributed by atoms with Gasteiger partial charge in [-0.05, 0) is 115 Å². The number of carbonyl (C=O) groups is 1. The molecule has 0 aromatic heterocycles. The number of non-ortho nitro benzene ring substituents is 2. The molecule has 0 saturated heterocycles. The zero-order chi connectivity index (χ0) is 36.5.